The van der Waals surface area contributed by atoms with E-state index >= 15 is 0 Å². The molecule has 1 aromatic heterocycles. The summed E-state index contributed by atoms with van der Waals surface area (Å²) in [5.41, 5.74) is 0. The SMILES string of the molecule is CN1CCSCC1c1noc(CC2CCNCC2)n1. The van der Waals surface area contributed by atoms with Crippen LogP contribution in [0, 0.1) is 5.92 Å². The topological polar surface area (TPSA) is 54.2 Å². The molecule has 5 nitrogen and oxygen atoms in total. The number of rotatable bonds is 3. The predicted molar refractivity (Wildman–Crippen MR) is 76.3 cm³/mol. The van der Waals surface area contributed by atoms with Crippen LogP contribution in [0.5, 0.6) is 0 Å². The van der Waals surface area contributed by atoms with Crippen molar-refractivity contribution >= 4 is 11.8 Å². The van der Waals surface area contributed by atoms with Gasteiger partial charge in [-0.05, 0) is 38.9 Å². The molecule has 0 amide bonds. The number of nitrogens with one attached hydrogen (secondary N) is 1. The standard InChI is InChI=1S/C13H22N4OS/c1-17-6-7-19-9-11(17)13-15-12(18-16-13)8-10-2-4-14-5-3-10/h10-11,14H,2-9H2,1H3. The molecule has 1 unspecified atom stereocenters. The Morgan fingerprint density at radius 3 is 3.05 bits per heavy atom. The van der Waals surface area contributed by atoms with Crippen molar-refractivity contribution in [3.63, 3.8) is 0 Å². The van der Waals surface area contributed by atoms with Crippen LogP contribution in [-0.2, 0) is 6.42 Å². The van der Waals surface area contributed by atoms with Gasteiger partial charge >= 0.3 is 0 Å². The summed E-state index contributed by atoms with van der Waals surface area (Å²) in [6, 6.07) is 0.323. The Morgan fingerprint density at radius 2 is 2.26 bits per heavy atom. The van der Waals surface area contributed by atoms with E-state index in [1.165, 1.54) is 18.6 Å². The van der Waals surface area contributed by atoms with Crippen LogP contribution >= 0.6 is 11.8 Å². The van der Waals surface area contributed by atoms with Gasteiger partial charge in [0, 0.05) is 24.5 Å². The van der Waals surface area contributed by atoms with Gasteiger partial charge < -0.3 is 9.84 Å². The maximum atomic E-state index is 5.45. The number of aromatic nitrogens is 2. The lowest BCUT2D eigenvalue weighted by molar-refractivity contribution is 0.255. The van der Waals surface area contributed by atoms with E-state index in [0.717, 1.165) is 43.5 Å². The fourth-order valence-corrected chi connectivity index (χ4v) is 3.99. The van der Waals surface area contributed by atoms with E-state index in [2.05, 4.69) is 27.4 Å². The molecule has 0 bridgehead atoms. The third kappa shape index (κ3) is 3.30. The minimum absolute atomic E-state index is 0.323. The normalized spacial score (nSPS) is 26.7. The first-order chi connectivity index (χ1) is 9.33. The maximum Gasteiger partial charge on any atom is 0.226 e. The maximum absolute atomic E-state index is 5.45. The molecule has 0 aliphatic carbocycles. The van der Waals surface area contributed by atoms with Crippen molar-refractivity contribution in [3.8, 4) is 0 Å². The van der Waals surface area contributed by atoms with E-state index in [4.69, 9.17) is 4.52 Å². The Labute approximate surface area is 118 Å². The molecule has 0 aromatic carbocycles. The highest BCUT2D eigenvalue weighted by Gasteiger charge is 2.26. The zero-order valence-electron chi connectivity index (χ0n) is 11.5. The average Bonchev–Trinajstić information content (AvgIpc) is 2.89. The van der Waals surface area contributed by atoms with E-state index in [1.54, 1.807) is 0 Å². The molecule has 19 heavy (non-hydrogen) atoms. The van der Waals surface area contributed by atoms with Crippen LogP contribution in [0.2, 0.25) is 0 Å². The second-order valence-corrected chi connectivity index (χ2v) is 6.66. The van der Waals surface area contributed by atoms with Gasteiger partial charge in [0.05, 0.1) is 6.04 Å². The first-order valence-corrected chi connectivity index (χ1v) is 8.29. The van der Waals surface area contributed by atoms with Crippen molar-refractivity contribution < 1.29 is 4.52 Å². The summed E-state index contributed by atoms with van der Waals surface area (Å²) in [6.07, 6.45) is 3.38. The molecule has 3 heterocycles. The summed E-state index contributed by atoms with van der Waals surface area (Å²) < 4.78 is 5.45. The molecule has 2 aliphatic rings. The van der Waals surface area contributed by atoms with Crippen LogP contribution in [0.25, 0.3) is 0 Å². The van der Waals surface area contributed by atoms with Gasteiger partial charge in [-0.15, -0.1) is 0 Å². The van der Waals surface area contributed by atoms with Crippen LogP contribution in [0.15, 0.2) is 4.52 Å². The van der Waals surface area contributed by atoms with Gasteiger partial charge in [0.15, 0.2) is 5.82 Å². The van der Waals surface area contributed by atoms with Crippen LogP contribution in [0.3, 0.4) is 0 Å². The van der Waals surface area contributed by atoms with Gasteiger partial charge in [-0.2, -0.15) is 16.7 Å². The Balaban J connectivity index is 1.61. The highest BCUT2D eigenvalue weighted by Crippen LogP contribution is 2.26. The molecule has 106 valence electrons. The Hall–Kier alpha value is -0.590. The van der Waals surface area contributed by atoms with E-state index < -0.39 is 0 Å². The molecular formula is C13H22N4OS. The van der Waals surface area contributed by atoms with Crippen molar-refractivity contribution in [2.24, 2.45) is 5.92 Å². The third-order valence-corrected chi connectivity index (χ3v) is 5.12. The Kier molecular flexibility index (Phi) is 4.40. The summed E-state index contributed by atoms with van der Waals surface area (Å²) in [5.74, 6) is 4.67. The molecule has 1 atom stereocenters. The first-order valence-electron chi connectivity index (χ1n) is 7.14. The number of nitrogens with zero attached hydrogens (tertiary/aromatic N) is 3. The van der Waals surface area contributed by atoms with Crippen molar-refractivity contribution in [1.29, 1.82) is 0 Å². The number of hydrogen-bond acceptors (Lipinski definition) is 6. The summed E-state index contributed by atoms with van der Waals surface area (Å²) in [7, 11) is 2.15. The Morgan fingerprint density at radius 1 is 1.42 bits per heavy atom. The van der Waals surface area contributed by atoms with E-state index in [-0.39, 0.29) is 0 Å². The minimum Gasteiger partial charge on any atom is -0.339 e. The molecular weight excluding hydrogens is 260 g/mol. The molecule has 1 aromatic rings. The van der Waals surface area contributed by atoms with Gasteiger partial charge in [0.2, 0.25) is 5.89 Å². The molecule has 0 radical (unpaired) electrons. The molecule has 2 fully saturated rings. The summed E-state index contributed by atoms with van der Waals surface area (Å²) >= 11 is 1.97. The molecule has 6 heteroatoms. The molecule has 3 rings (SSSR count). The second-order valence-electron chi connectivity index (χ2n) is 5.52. The lowest BCUT2D eigenvalue weighted by Crippen LogP contribution is -2.33. The van der Waals surface area contributed by atoms with E-state index in [0.29, 0.717) is 12.0 Å². The van der Waals surface area contributed by atoms with Crippen LogP contribution in [0.4, 0.5) is 0 Å². The van der Waals surface area contributed by atoms with Crippen LogP contribution in [-0.4, -0.2) is 53.2 Å². The van der Waals surface area contributed by atoms with Gasteiger partial charge in [-0.3, -0.25) is 4.90 Å². The fraction of sp³-hybridized carbons (Fsp3) is 0.846. The lowest BCUT2D eigenvalue weighted by Gasteiger charge is -2.29. The zero-order valence-corrected chi connectivity index (χ0v) is 12.3. The molecule has 0 spiro atoms. The van der Waals surface area contributed by atoms with Crippen LogP contribution in [0.1, 0.15) is 30.6 Å². The monoisotopic (exact) mass is 282 g/mol. The van der Waals surface area contributed by atoms with Gasteiger partial charge in [-0.1, -0.05) is 5.16 Å². The van der Waals surface area contributed by atoms with Gasteiger partial charge in [0.25, 0.3) is 0 Å². The number of hydrogen-bond donors (Lipinski definition) is 1. The number of thioether (sulfide) groups is 1. The van der Waals surface area contributed by atoms with Gasteiger partial charge in [-0.25, -0.2) is 0 Å². The largest absolute Gasteiger partial charge is 0.339 e. The number of piperidine rings is 1. The van der Waals surface area contributed by atoms with Crippen molar-refractivity contribution in [3.05, 3.63) is 11.7 Å². The van der Waals surface area contributed by atoms with E-state index in [9.17, 15) is 0 Å². The third-order valence-electron chi connectivity index (χ3n) is 4.10. The first kappa shape index (κ1) is 13.4. The zero-order chi connectivity index (χ0) is 13.1. The lowest BCUT2D eigenvalue weighted by atomic mass is 9.95. The molecule has 2 saturated heterocycles. The summed E-state index contributed by atoms with van der Waals surface area (Å²) in [5, 5.41) is 7.59. The van der Waals surface area contributed by atoms with Gasteiger partial charge in [0.1, 0.15) is 0 Å². The summed E-state index contributed by atoms with van der Waals surface area (Å²) in [6.45, 7) is 3.34. The highest BCUT2D eigenvalue weighted by atomic mass is 32.2. The quantitative estimate of drug-likeness (QED) is 0.903. The minimum atomic E-state index is 0.323. The van der Waals surface area contributed by atoms with E-state index in [1.807, 2.05) is 11.8 Å². The summed E-state index contributed by atoms with van der Waals surface area (Å²) in [4.78, 5) is 6.95. The van der Waals surface area contributed by atoms with Crippen LogP contribution < -0.4 is 5.32 Å². The second kappa shape index (κ2) is 6.24. The highest BCUT2D eigenvalue weighted by molar-refractivity contribution is 7.99. The predicted octanol–water partition coefficient (Wildman–Crippen LogP) is 1.33. The van der Waals surface area contributed by atoms with Crippen molar-refractivity contribution in [2.45, 2.75) is 25.3 Å². The molecule has 2 aliphatic heterocycles. The van der Waals surface area contributed by atoms with Crippen molar-refractivity contribution in [1.82, 2.24) is 20.4 Å². The molecule has 0 saturated carbocycles. The Bertz CT molecular complexity index is 405. The molecule has 1 N–H and O–H groups in total. The fourth-order valence-electron chi connectivity index (χ4n) is 2.78. The van der Waals surface area contributed by atoms with Crippen molar-refractivity contribution in [2.75, 3.05) is 38.2 Å². The average molecular weight is 282 g/mol. The smallest absolute Gasteiger partial charge is 0.226 e.